The summed E-state index contributed by atoms with van der Waals surface area (Å²) in [7, 11) is 0. The van der Waals surface area contributed by atoms with E-state index in [4.69, 9.17) is 16.3 Å². The van der Waals surface area contributed by atoms with Crippen molar-refractivity contribution in [1.82, 2.24) is 5.32 Å². The normalized spacial score (nSPS) is 31.1. The Labute approximate surface area is 114 Å². The van der Waals surface area contributed by atoms with Crippen LogP contribution in [0.1, 0.15) is 37.7 Å². The second-order valence-electron chi connectivity index (χ2n) is 5.61. The maximum atomic E-state index is 6.13. The zero-order valence-electron chi connectivity index (χ0n) is 10.8. The molecule has 3 heteroatoms. The number of fused-ring (bicyclic) bond motifs is 2. The Kier molecular flexibility index (Phi) is 3.49. The maximum Gasteiger partial charge on any atom is 0.120 e. The molecule has 18 heavy (non-hydrogen) atoms. The van der Waals surface area contributed by atoms with E-state index in [0.29, 0.717) is 18.2 Å². The first kappa shape index (κ1) is 12.3. The van der Waals surface area contributed by atoms with Gasteiger partial charge in [0.25, 0.3) is 0 Å². The van der Waals surface area contributed by atoms with Gasteiger partial charge in [-0.3, -0.25) is 0 Å². The Bertz CT molecular complexity index is 423. The smallest absolute Gasteiger partial charge is 0.120 e. The minimum atomic E-state index is 0.363. The fourth-order valence-electron chi connectivity index (χ4n) is 3.19. The molecule has 0 spiro atoms. The number of piperidine rings is 2. The highest BCUT2D eigenvalue weighted by molar-refractivity contribution is 6.31. The predicted molar refractivity (Wildman–Crippen MR) is 74.4 cm³/mol. The van der Waals surface area contributed by atoms with Crippen molar-refractivity contribution in [3.05, 3.63) is 28.8 Å². The Morgan fingerprint density at radius 1 is 1.22 bits per heavy atom. The van der Waals surface area contributed by atoms with Crippen molar-refractivity contribution in [3.63, 3.8) is 0 Å². The summed E-state index contributed by atoms with van der Waals surface area (Å²) < 4.78 is 6.13. The molecular formula is C15H20ClNO. The van der Waals surface area contributed by atoms with Crippen LogP contribution in [0.5, 0.6) is 5.75 Å². The maximum absolute atomic E-state index is 6.13. The summed E-state index contributed by atoms with van der Waals surface area (Å²) in [5.74, 6) is 0.960. The quantitative estimate of drug-likeness (QED) is 0.880. The molecule has 0 saturated carbocycles. The first-order valence-corrected chi connectivity index (χ1v) is 7.27. The van der Waals surface area contributed by atoms with E-state index in [2.05, 4.69) is 5.32 Å². The van der Waals surface area contributed by atoms with E-state index in [0.717, 1.165) is 29.2 Å². The highest BCUT2D eigenvalue weighted by atomic mass is 35.5. The second kappa shape index (κ2) is 5.10. The van der Waals surface area contributed by atoms with E-state index in [1.54, 1.807) is 0 Å². The lowest BCUT2D eigenvalue weighted by Gasteiger charge is -2.40. The summed E-state index contributed by atoms with van der Waals surface area (Å²) >= 11 is 6.04. The molecule has 98 valence electrons. The zero-order chi connectivity index (χ0) is 12.5. The molecular weight excluding hydrogens is 246 g/mol. The molecule has 0 aromatic heterocycles. The molecule has 2 fully saturated rings. The lowest BCUT2D eigenvalue weighted by molar-refractivity contribution is 0.0927. The van der Waals surface area contributed by atoms with Gasteiger partial charge >= 0.3 is 0 Å². The van der Waals surface area contributed by atoms with Gasteiger partial charge in [-0.25, -0.2) is 0 Å². The largest absolute Gasteiger partial charge is 0.490 e. The topological polar surface area (TPSA) is 21.3 Å². The first-order valence-electron chi connectivity index (χ1n) is 6.89. The van der Waals surface area contributed by atoms with Crippen molar-refractivity contribution in [1.29, 1.82) is 0 Å². The number of hydrogen-bond donors (Lipinski definition) is 1. The summed E-state index contributed by atoms with van der Waals surface area (Å²) in [6.45, 7) is 2.02. The van der Waals surface area contributed by atoms with E-state index in [-0.39, 0.29) is 0 Å². The summed E-state index contributed by atoms with van der Waals surface area (Å²) in [4.78, 5) is 0. The highest BCUT2D eigenvalue weighted by Gasteiger charge is 2.32. The average Bonchev–Trinajstić information content (AvgIpc) is 2.33. The van der Waals surface area contributed by atoms with Gasteiger partial charge in [0, 0.05) is 17.1 Å². The standard InChI is InChI=1S/C15H20ClNO/c1-10-7-13(5-6-15(10)16)18-14-8-11-3-2-4-12(9-14)17-11/h5-7,11-12,14,17H,2-4,8-9H2,1H3. The van der Waals surface area contributed by atoms with Gasteiger partial charge in [-0.15, -0.1) is 0 Å². The van der Waals surface area contributed by atoms with E-state index in [9.17, 15) is 0 Å². The number of rotatable bonds is 2. The highest BCUT2D eigenvalue weighted by Crippen LogP contribution is 2.29. The van der Waals surface area contributed by atoms with Crippen LogP contribution in [0.25, 0.3) is 0 Å². The van der Waals surface area contributed by atoms with Crippen molar-refractivity contribution >= 4 is 11.6 Å². The Hall–Kier alpha value is -0.730. The first-order chi connectivity index (χ1) is 8.70. The summed E-state index contributed by atoms with van der Waals surface area (Å²) in [6.07, 6.45) is 6.61. The molecule has 1 aromatic rings. The third-order valence-electron chi connectivity index (χ3n) is 4.10. The van der Waals surface area contributed by atoms with Crippen molar-refractivity contribution in [2.75, 3.05) is 0 Å². The van der Waals surface area contributed by atoms with Crippen LogP contribution in [0.2, 0.25) is 5.02 Å². The van der Waals surface area contributed by atoms with Crippen LogP contribution in [0.15, 0.2) is 18.2 Å². The molecule has 1 N–H and O–H groups in total. The molecule has 2 aliphatic heterocycles. The Morgan fingerprint density at radius 2 is 1.94 bits per heavy atom. The monoisotopic (exact) mass is 265 g/mol. The zero-order valence-corrected chi connectivity index (χ0v) is 11.5. The van der Waals surface area contributed by atoms with E-state index >= 15 is 0 Å². The number of nitrogens with one attached hydrogen (secondary N) is 1. The number of halogens is 1. The molecule has 2 nitrogen and oxygen atoms in total. The van der Waals surface area contributed by atoms with Crippen LogP contribution in [0.3, 0.4) is 0 Å². The fraction of sp³-hybridized carbons (Fsp3) is 0.600. The van der Waals surface area contributed by atoms with Crippen LogP contribution >= 0.6 is 11.6 Å². The SMILES string of the molecule is Cc1cc(OC2CC3CCCC(C2)N3)ccc1Cl. The molecule has 0 amide bonds. The van der Waals surface area contributed by atoms with Crippen LogP contribution in [-0.2, 0) is 0 Å². The minimum Gasteiger partial charge on any atom is -0.490 e. The van der Waals surface area contributed by atoms with Crippen LogP contribution in [-0.4, -0.2) is 18.2 Å². The Balaban J connectivity index is 1.67. The van der Waals surface area contributed by atoms with Crippen molar-refractivity contribution < 1.29 is 4.74 Å². The number of benzene rings is 1. The minimum absolute atomic E-state index is 0.363. The van der Waals surface area contributed by atoms with Gasteiger partial charge in [0.1, 0.15) is 11.9 Å². The van der Waals surface area contributed by atoms with E-state index in [1.165, 1.54) is 19.3 Å². The molecule has 0 radical (unpaired) electrons. The van der Waals surface area contributed by atoms with Gasteiger partial charge < -0.3 is 10.1 Å². The number of hydrogen-bond acceptors (Lipinski definition) is 2. The number of ether oxygens (including phenoxy) is 1. The Morgan fingerprint density at radius 3 is 2.61 bits per heavy atom. The summed E-state index contributed by atoms with van der Waals surface area (Å²) in [5, 5.41) is 4.50. The molecule has 2 bridgehead atoms. The summed E-state index contributed by atoms with van der Waals surface area (Å²) in [6, 6.07) is 7.27. The lowest BCUT2D eigenvalue weighted by Crippen LogP contribution is -2.51. The second-order valence-corrected chi connectivity index (χ2v) is 6.02. The number of aryl methyl sites for hydroxylation is 1. The van der Waals surface area contributed by atoms with Gasteiger partial charge in [0.15, 0.2) is 0 Å². The van der Waals surface area contributed by atoms with Gasteiger partial charge in [-0.1, -0.05) is 18.0 Å². The molecule has 3 rings (SSSR count). The van der Waals surface area contributed by atoms with Crippen LogP contribution in [0.4, 0.5) is 0 Å². The van der Waals surface area contributed by atoms with E-state index in [1.807, 2.05) is 25.1 Å². The van der Waals surface area contributed by atoms with Crippen molar-refractivity contribution in [2.45, 2.75) is 57.2 Å². The summed E-state index contributed by atoms with van der Waals surface area (Å²) in [5.41, 5.74) is 1.09. The van der Waals surface area contributed by atoms with Gasteiger partial charge in [0.2, 0.25) is 0 Å². The molecule has 2 heterocycles. The molecule has 0 aliphatic carbocycles. The van der Waals surface area contributed by atoms with Crippen molar-refractivity contribution in [2.24, 2.45) is 0 Å². The average molecular weight is 266 g/mol. The van der Waals surface area contributed by atoms with Gasteiger partial charge in [0.05, 0.1) is 0 Å². The van der Waals surface area contributed by atoms with Crippen LogP contribution in [0, 0.1) is 6.92 Å². The molecule has 1 aromatic carbocycles. The molecule has 2 atom stereocenters. The fourth-order valence-corrected chi connectivity index (χ4v) is 3.31. The van der Waals surface area contributed by atoms with Crippen molar-refractivity contribution in [3.8, 4) is 5.75 Å². The molecule has 2 aliphatic rings. The molecule has 2 unspecified atom stereocenters. The predicted octanol–water partition coefficient (Wildman–Crippen LogP) is 3.70. The third-order valence-corrected chi connectivity index (χ3v) is 4.53. The van der Waals surface area contributed by atoms with E-state index < -0.39 is 0 Å². The lowest BCUT2D eigenvalue weighted by atomic mass is 9.85. The third kappa shape index (κ3) is 2.65. The molecule has 2 saturated heterocycles. The van der Waals surface area contributed by atoms with Gasteiger partial charge in [-0.05, 0) is 56.4 Å². The van der Waals surface area contributed by atoms with Gasteiger partial charge in [-0.2, -0.15) is 0 Å². The van der Waals surface area contributed by atoms with Crippen LogP contribution < -0.4 is 10.1 Å².